The fraction of sp³-hybridized carbons (Fsp3) is 0.935. The largest absolute Gasteiger partial charge is 0.462 e. The predicted octanol–water partition coefficient (Wildman–Crippen LogP) is 6.37. The Kier molecular flexibility index (Phi) is 9.24. The van der Waals surface area contributed by atoms with E-state index in [1.807, 2.05) is 0 Å². The van der Waals surface area contributed by atoms with Crippen LogP contribution in [0.1, 0.15) is 130 Å². The summed E-state index contributed by atoms with van der Waals surface area (Å²) in [4.78, 5) is 26.0. The summed E-state index contributed by atoms with van der Waals surface area (Å²) >= 11 is 0. The summed E-state index contributed by atoms with van der Waals surface area (Å²) in [5, 5.41) is 20.7. The highest BCUT2D eigenvalue weighted by Crippen LogP contribution is 2.65. The van der Waals surface area contributed by atoms with Gasteiger partial charge in [0.1, 0.15) is 11.9 Å². The number of rotatable bonds is 11. The zero-order valence-corrected chi connectivity index (χ0v) is 23.2. The number of carbonyl (C=O) groups excluding carboxylic acids is 2. The number of ether oxygens (including phenoxy) is 1. The molecule has 0 radical (unpaired) electrons. The minimum absolute atomic E-state index is 0.0334. The lowest BCUT2D eigenvalue weighted by Crippen LogP contribution is -2.59. The molecule has 4 rings (SSSR count). The zero-order valence-electron chi connectivity index (χ0n) is 23.2. The first kappa shape index (κ1) is 28.1. The van der Waals surface area contributed by atoms with Gasteiger partial charge in [-0.2, -0.15) is 0 Å². The molecule has 0 unspecified atom stereocenters. The maximum Gasteiger partial charge on any atom is 0.306 e. The van der Waals surface area contributed by atoms with Gasteiger partial charge < -0.3 is 14.9 Å². The van der Waals surface area contributed by atoms with E-state index in [-0.39, 0.29) is 34.6 Å². The molecule has 9 atom stereocenters. The Balaban J connectivity index is 1.27. The van der Waals surface area contributed by atoms with Crippen LogP contribution in [0.4, 0.5) is 0 Å². The Morgan fingerprint density at radius 3 is 2.22 bits per heavy atom. The molecule has 0 spiro atoms. The van der Waals surface area contributed by atoms with Crippen LogP contribution in [-0.4, -0.2) is 40.3 Å². The molecule has 206 valence electrons. The molecule has 0 aromatic heterocycles. The number of hydrogen-bond acceptors (Lipinski definition) is 5. The Morgan fingerprint density at radius 1 is 0.889 bits per heavy atom. The SMILES string of the molecule is CCCCCCCCCCCC(=O)O[C@H]1CC[C@H]2[C@@H]3CC(=O)[C@H]4C[C@H](O)[C@H](O)C[C@]4(C)[C@H]3CC[C@]12C. The van der Waals surface area contributed by atoms with E-state index in [2.05, 4.69) is 20.8 Å². The lowest BCUT2D eigenvalue weighted by atomic mass is 9.44. The average Bonchev–Trinajstić information content (AvgIpc) is 3.16. The average molecular weight is 505 g/mol. The van der Waals surface area contributed by atoms with Gasteiger partial charge in [-0.1, -0.05) is 72.1 Å². The Bertz CT molecular complexity index is 766. The maximum absolute atomic E-state index is 13.3. The van der Waals surface area contributed by atoms with Crippen molar-refractivity contribution in [3.63, 3.8) is 0 Å². The molecule has 0 aliphatic heterocycles. The first-order chi connectivity index (χ1) is 17.2. The van der Waals surface area contributed by atoms with Crippen LogP contribution in [0.2, 0.25) is 0 Å². The van der Waals surface area contributed by atoms with E-state index in [0.717, 1.165) is 38.5 Å². The highest BCUT2D eigenvalue weighted by Gasteiger charge is 2.63. The van der Waals surface area contributed by atoms with Crippen molar-refractivity contribution in [2.24, 2.45) is 34.5 Å². The second kappa shape index (κ2) is 11.8. The molecule has 4 aliphatic rings. The smallest absolute Gasteiger partial charge is 0.306 e. The molecule has 4 fully saturated rings. The Labute approximate surface area is 219 Å². The monoisotopic (exact) mass is 504 g/mol. The number of esters is 1. The third kappa shape index (κ3) is 5.58. The van der Waals surface area contributed by atoms with Gasteiger partial charge in [-0.05, 0) is 68.1 Å². The summed E-state index contributed by atoms with van der Waals surface area (Å²) < 4.78 is 6.13. The standard InChI is InChI=1S/C31H52O5/c1-4-5-6-7-8-9-10-11-12-13-29(35)36-28-15-14-22-21-18-25(32)24-19-26(33)27(34)20-31(24,3)23(21)16-17-30(22,28)2/h21-24,26-28,33-34H,4-20H2,1-3H3/t21-,22-,23-,24+,26-,27+,28-,30-,31+/m0/s1. The molecule has 36 heavy (non-hydrogen) atoms. The summed E-state index contributed by atoms with van der Waals surface area (Å²) in [6.45, 7) is 6.75. The van der Waals surface area contributed by atoms with Crippen LogP contribution in [0, 0.1) is 34.5 Å². The molecule has 0 bridgehead atoms. The molecular weight excluding hydrogens is 452 g/mol. The third-order valence-electron chi connectivity index (χ3n) is 11.1. The normalized spacial score (nSPS) is 41.9. The number of unbranched alkanes of at least 4 members (excludes halogenated alkanes) is 8. The van der Waals surface area contributed by atoms with Gasteiger partial charge in [0.2, 0.25) is 0 Å². The van der Waals surface area contributed by atoms with Gasteiger partial charge in [0, 0.05) is 24.2 Å². The summed E-state index contributed by atoms with van der Waals surface area (Å²) in [6, 6.07) is 0. The second-order valence-electron chi connectivity index (χ2n) is 13.4. The molecule has 5 heteroatoms. The number of carbonyl (C=O) groups is 2. The third-order valence-corrected chi connectivity index (χ3v) is 11.1. The minimum Gasteiger partial charge on any atom is -0.462 e. The quantitative estimate of drug-likeness (QED) is 0.252. The van der Waals surface area contributed by atoms with Crippen LogP contribution in [-0.2, 0) is 14.3 Å². The first-order valence-electron chi connectivity index (χ1n) is 15.3. The summed E-state index contributed by atoms with van der Waals surface area (Å²) in [5.41, 5.74) is -0.281. The van der Waals surface area contributed by atoms with Gasteiger partial charge >= 0.3 is 5.97 Å². The summed E-state index contributed by atoms with van der Waals surface area (Å²) in [7, 11) is 0. The fourth-order valence-electron chi connectivity index (χ4n) is 9.01. The van der Waals surface area contributed by atoms with Crippen LogP contribution < -0.4 is 0 Å². The highest BCUT2D eigenvalue weighted by atomic mass is 16.5. The van der Waals surface area contributed by atoms with E-state index in [4.69, 9.17) is 4.74 Å². The van der Waals surface area contributed by atoms with Crippen molar-refractivity contribution >= 4 is 11.8 Å². The molecule has 2 N–H and O–H groups in total. The van der Waals surface area contributed by atoms with Crippen LogP contribution in [0.3, 0.4) is 0 Å². The molecule has 0 amide bonds. The molecule has 0 saturated heterocycles. The van der Waals surface area contributed by atoms with Gasteiger partial charge in [0.25, 0.3) is 0 Å². The van der Waals surface area contributed by atoms with Gasteiger partial charge in [0.05, 0.1) is 12.2 Å². The van der Waals surface area contributed by atoms with E-state index in [0.29, 0.717) is 43.4 Å². The number of aliphatic hydroxyl groups is 2. The highest BCUT2D eigenvalue weighted by molar-refractivity contribution is 5.83. The van der Waals surface area contributed by atoms with Crippen molar-refractivity contribution in [3.8, 4) is 0 Å². The lowest BCUT2D eigenvalue weighted by molar-refractivity contribution is -0.180. The van der Waals surface area contributed by atoms with Crippen LogP contribution >= 0.6 is 0 Å². The zero-order chi connectivity index (χ0) is 25.9. The topological polar surface area (TPSA) is 83.8 Å². The van der Waals surface area contributed by atoms with E-state index >= 15 is 0 Å². The van der Waals surface area contributed by atoms with E-state index in [1.54, 1.807) is 0 Å². The number of ketones is 1. The van der Waals surface area contributed by atoms with Crippen molar-refractivity contribution in [2.75, 3.05) is 0 Å². The molecule has 0 aromatic rings. The Morgan fingerprint density at radius 2 is 1.53 bits per heavy atom. The van der Waals surface area contributed by atoms with Crippen LogP contribution in [0.15, 0.2) is 0 Å². The maximum atomic E-state index is 13.3. The first-order valence-corrected chi connectivity index (χ1v) is 15.3. The van der Waals surface area contributed by atoms with Gasteiger partial charge in [-0.25, -0.2) is 0 Å². The van der Waals surface area contributed by atoms with Crippen molar-refractivity contribution in [2.45, 2.75) is 148 Å². The molecular formula is C31H52O5. The van der Waals surface area contributed by atoms with Crippen molar-refractivity contribution in [1.82, 2.24) is 0 Å². The lowest BCUT2D eigenvalue weighted by Gasteiger charge is -2.60. The number of Topliss-reactive ketones (excluding diaryl/α,β-unsaturated/α-hetero) is 1. The molecule has 0 heterocycles. The van der Waals surface area contributed by atoms with E-state index < -0.39 is 12.2 Å². The van der Waals surface area contributed by atoms with E-state index in [1.165, 1.54) is 44.9 Å². The number of fused-ring (bicyclic) bond motifs is 5. The van der Waals surface area contributed by atoms with Crippen LogP contribution in [0.25, 0.3) is 0 Å². The van der Waals surface area contributed by atoms with Crippen molar-refractivity contribution in [1.29, 1.82) is 0 Å². The van der Waals surface area contributed by atoms with Gasteiger partial charge in [0.15, 0.2) is 0 Å². The number of hydrogen-bond donors (Lipinski definition) is 2. The second-order valence-corrected chi connectivity index (χ2v) is 13.4. The molecule has 4 saturated carbocycles. The van der Waals surface area contributed by atoms with Gasteiger partial charge in [-0.3, -0.25) is 9.59 Å². The molecule has 4 aliphatic carbocycles. The van der Waals surface area contributed by atoms with Crippen LogP contribution in [0.5, 0.6) is 0 Å². The molecule has 0 aromatic carbocycles. The summed E-state index contributed by atoms with van der Waals surface area (Å²) in [6.07, 6.45) is 15.6. The Hall–Kier alpha value is -0.940. The van der Waals surface area contributed by atoms with E-state index in [9.17, 15) is 19.8 Å². The van der Waals surface area contributed by atoms with Crippen molar-refractivity contribution < 1.29 is 24.5 Å². The minimum atomic E-state index is -0.779. The van der Waals surface area contributed by atoms with Crippen molar-refractivity contribution in [3.05, 3.63) is 0 Å². The molecule has 5 nitrogen and oxygen atoms in total. The van der Waals surface area contributed by atoms with Gasteiger partial charge in [-0.15, -0.1) is 0 Å². The number of aliphatic hydroxyl groups excluding tert-OH is 2. The predicted molar refractivity (Wildman–Crippen MR) is 141 cm³/mol. The fourth-order valence-corrected chi connectivity index (χ4v) is 9.01. The summed E-state index contributed by atoms with van der Waals surface area (Å²) in [5.74, 6) is 1.21.